The second kappa shape index (κ2) is 10.5. The minimum Gasteiger partial charge on any atom is -0.480 e. The van der Waals surface area contributed by atoms with E-state index in [9.17, 15) is 4.79 Å². The Morgan fingerprint density at radius 3 is 2.14 bits per heavy atom. The highest BCUT2D eigenvalue weighted by Crippen LogP contribution is 2.00. The van der Waals surface area contributed by atoms with E-state index in [1.54, 1.807) is 0 Å². The van der Waals surface area contributed by atoms with E-state index in [4.69, 9.17) is 14.6 Å². The van der Waals surface area contributed by atoms with Crippen molar-refractivity contribution in [1.82, 2.24) is 0 Å². The van der Waals surface area contributed by atoms with Crippen LogP contribution >= 0.6 is 0 Å². The first-order chi connectivity index (χ1) is 6.77. The van der Waals surface area contributed by atoms with Crippen LogP contribution in [0, 0.1) is 0 Å². The van der Waals surface area contributed by atoms with Gasteiger partial charge in [0.05, 0.1) is 0 Å². The summed E-state index contributed by atoms with van der Waals surface area (Å²) in [6.07, 6.45) is 4.20. The van der Waals surface area contributed by atoms with Gasteiger partial charge >= 0.3 is 5.97 Å². The lowest BCUT2D eigenvalue weighted by molar-refractivity contribution is -0.142. The number of rotatable bonds is 10. The van der Waals surface area contributed by atoms with Crippen LogP contribution in [-0.4, -0.2) is 37.5 Å². The van der Waals surface area contributed by atoms with Crippen molar-refractivity contribution in [3.63, 3.8) is 0 Å². The van der Waals surface area contributed by atoms with E-state index in [2.05, 4.69) is 0 Å². The van der Waals surface area contributed by atoms with Gasteiger partial charge in [-0.3, -0.25) is 0 Å². The minimum atomic E-state index is -0.902. The number of carboxylic acid groups (broad SMARTS) is 1. The maximum atomic E-state index is 10.1. The number of hydrogen-bond donors (Lipinski definition) is 1. The molecule has 0 fully saturated rings. The zero-order valence-electron chi connectivity index (χ0n) is 8.83. The number of carboxylic acids is 1. The largest absolute Gasteiger partial charge is 0.480 e. The van der Waals surface area contributed by atoms with Crippen molar-refractivity contribution in [3.8, 4) is 0 Å². The Balaban J connectivity index is 2.88. The van der Waals surface area contributed by atoms with Gasteiger partial charge in [-0.15, -0.1) is 0 Å². The second-order valence-electron chi connectivity index (χ2n) is 3.06. The summed E-state index contributed by atoms with van der Waals surface area (Å²) in [5.74, 6) is -0.902. The lowest BCUT2D eigenvalue weighted by Crippen LogP contribution is -2.07. The summed E-state index contributed by atoms with van der Waals surface area (Å²) in [5, 5.41) is 8.27. The number of hydrogen-bond acceptors (Lipinski definition) is 3. The van der Waals surface area contributed by atoms with Gasteiger partial charge in [0.2, 0.25) is 0 Å². The molecule has 84 valence electrons. The fourth-order valence-corrected chi connectivity index (χ4v) is 1.07. The molecule has 14 heavy (non-hydrogen) atoms. The van der Waals surface area contributed by atoms with E-state index in [1.165, 1.54) is 0 Å². The summed E-state index contributed by atoms with van der Waals surface area (Å²) < 4.78 is 10.1. The minimum absolute atomic E-state index is 0.182. The van der Waals surface area contributed by atoms with E-state index in [-0.39, 0.29) is 6.61 Å². The first-order valence-electron chi connectivity index (χ1n) is 5.14. The summed E-state index contributed by atoms with van der Waals surface area (Å²) in [6.45, 7) is 3.95. The van der Waals surface area contributed by atoms with E-state index in [0.29, 0.717) is 6.61 Å². The molecule has 4 heteroatoms. The normalized spacial score (nSPS) is 10.4. The average Bonchev–Trinajstić information content (AvgIpc) is 2.15. The molecule has 0 saturated carbocycles. The van der Waals surface area contributed by atoms with Crippen LogP contribution in [0.5, 0.6) is 0 Å². The zero-order chi connectivity index (χ0) is 10.6. The van der Waals surface area contributed by atoms with E-state index in [1.807, 2.05) is 6.92 Å². The molecule has 0 heterocycles. The summed E-state index contributed by atoms with van der Waals surface area (Å²) in [6, 6.07) is 0. The van der Waals surface area contributed by atoms with E-state index >= 15 is 0 Å². The van der Waals surface area contributed by atoms with Gasteiger partial charge in [-0.1, -0.05) is 12.8 Å². The van der Waals surface area contributed by atoms with Crippen LogP contribution in [0.4, 0.5) is 0 Å². The van der Waals surface area contributed by atoms with Gasteiger partial charge in [-0.2, -0.15) is 0 Å². The molecular formula is C10H20O4. The molecule has 0 aliphatic heterocycles. The van der Waals surface area contributed by atoms with Crippen LogP contribution in [0.25, 0.3) is 0 Å². The molecule has 0 atom stereocenters. The quantitative estimate of drug-likeness (QED) is 0.550. The molecule has 0 rings (SSSR count). The lowest BCUT2D eigenvalue weighted by Gasteiger charge is -2.02. The molecule has 0 aromatic heterocycles. The zero-order valence-corrected chi connectivity index (χ0v) is 8.83. The van der Waals surface area contributed by atoms with Gasteiger partial charge in [-0.05, 0) is 19.8 Å². The summed E-state index contributed by atoms with van der Waals surface area (Å²) in [7, 11) is 0. The van der Waals surface area contributed by atoms with Crippen LogP contribution in [0.15, 0.2) is 0 Å². The van der Waals surface area contributed by atoms with Crippen molar-refractivity contribution < 1.29 is 19.4 Å². The van der Waals surface area contributed by atoms with E-state index in [0.717, 1.165) is 38.9 Å². The van der Waals surface area contributed by atoms with Crippen molar-refractivity contribution >= 4 is 5.97 Å². The SMILES string of the molecule is CCOCCCCCCOCC(=O)O. The Bertz CT molecular complexity index is 136. The molecule has 4 nitrogen and oxygen atoms in total. The topological polar surface area (TPSA) is 55.8 Å². The number of carbonyl (C=O) groups is 1. The molecule has 0 bridgehead atoms. The predicted octanol–water partition coefficient (Wildman–Crippen LogP) is 1.68. The van der Waals surface area contributed by atoms with Gasteiger partial charge in [0.1, 0.15) is 6.61 Å². The average molecular weight is 204 g/mol. The fraction of sp³-hybridized carbons (Fsp3) is 0.900. The van der Waals surface area contributed by atoms with Gasteiger partial charge < -0.3 is 14.6 Å². The molecule has 0 aromatic rings. The molecular weight excluding hydrogens is 184 g/mol. The lowest BCUT2D eigenvalue weighted by atomic mass is 10.2. The van der Waals surface area contributed by atoms with Crippen LogP contribution in [-0.2, 0) is 14.3 Å². The van der Waals surface area contributed by atoms with Gasteiger partial charge in [0.25, 0.3) is 0 Å². The Hall–Kier alpha value is -0.610. The molecule has 0 unspecified atom stereocenters. The molecule has 1 N–H and O–H groups in total. The van der Waals surface area contributed by atoms with Crippen LogP contribution < -0.4 is 0 Å². The fourth-order valence-electron chi connectivity index (χ4n) is 1.07. The third kappa shape index (κ3) is 11.4. The molecule has 0 spiro atoms. The standard InChI is InChI=1S/C10H20O4/c1-2-13-7-5-3-4-6-8-14-9-10(11)12/h2-9H2,1H3,(H,11,12). The highest BCUT2D eigenvalue weighted by Gasteiger charge is 1.95. The summed E-state index contributed by atoms with van der Waals surface area (Å²) in [5.41, 5.74) is 0. The molecule has 0 saturated heterocycles. The first kappa shape index (κ1) is 13.4. The smallest absolute Gasteiger partial charge is 0.329 e. The summed E-state index contributed by atoms with van der Waals surface area (Å²) in [4.78, 5) is 10.1. The van der Waals surface area contributed by atoms with Crippen molar-refractivity contribution in [2.45, 2.75) is 32.6 Å². The van der Waals surface area contributed by atoms with Crippen molar-refractivity contribution in [2.75, 3.05) is 26.4 Å². The van der Waals surface area contributed by atoms with Crippen molar-refractivity contribution in [1.29, 1.82) is 0 Å². The van der Waals surface area contributed by atoms with Gasteiger partial charge in [0.15, 0.2) is 0 Å². The van der Waals surface area contributed by atoms with Crippen LogP contribution in [0.1, 0.15) is 32.6 Å². The predicted molar refractivity (Wildman–Crippen MR) is 53.4 cm³/mol. The van der Waals surface area contributed by atoms with Crippen molar-refractivity contribution in [2.24, 2.45) is 0 Å². The number of ether oxygens (including phenoxy) is 2. The highest BCUT2D eigenvalue weighted by atomic mass is 16.5. The molecule has 0 radical (unpaired) electrons. The van der Waals surface area contributed by atoms with Crippen LogP contribution in [0.3, 0.4) is 0 Å². The molecule has 0 aromatic carbocycles. The van der Waals surface area contributed by atoms with Gasteiger partial charge in [-0.25, -0.2) is 4.79 Å². The number of aliphatic carboxylic acids is 1. The Morgan fingerprint density at radius 2 is 1.64 bits per heavy atom. The monoisotopic (exact) mass is 204 g/mol. The molecule has 0 aliphatic carbocycles. The Kier molecular flexibility index (Phi) is 10.0. The summed E-state index contributed by atoms with van der Waals surface area (Å²) >= 11 is 0. The van der Waals surface area contributed by atoms with Crippen LogP contribution in [0.2, 0.25) is 0 Å². The highest BCUT2D eigenvalue weighted by molar-refractivity contribution is 5.67. The third-order valence-corrected chi connectivity index (χ3v) is 1.76. The third-order valence-electron chi connectivity index (χ3n) is 1.76. The first-order valence-corrected chi connectivity index (χ1v) is 5.14. The molecule has 0 aliphatic rings. The molecule has 0 amide bonds. The van der Waals surface area contributed by atoms with Crippen molar-refractivity contribution in [3.05, 3.63) is 0 Å². The Labute approximate surface area is 85.2 Å². The number of unbranched alkanes of at least 4 members (excludes halogenated alkanes) is 3. The van der Waals surface area contributed by atoms with E-state index < -0.39 is 5.97 Å². The second-order valence-corrected chi connectivity index (χ2v) is 3.06. The Morgan fingerprint density at radius 1 is 1.07 bits per heavy atom. The maximum Gasteiger partial charge on any atom is 0.329 e. The maximum absolute atomic E-state index is 10.1. The van der Waals surface area contributed by atoms with Gasteiger partial charge in [0, 0.05) is 19.8 Å².